The Morgan fingerprint density at radius 1 is 1.09 bits per heavy atom. The summed E-state index contributed by atoms with van der Waals surface area (Å²) in [5.41, 5.74) is 2.38. The third kappa shape index (κ3) is 2.44. The van der Waals surface area contributed by atoms with Crippen LogP contribution in [0, 0.1) is 0 Å². The fourth-order valence-electron chi connectivity index (χ4n) is 4.10. The van der Waals surface area contributed by atoms with Gasteiger partial charge >= 0.3 is 0 Å². The van der Waals surface area contributed by atoms with E-state index in [2.05, 4.69) is 34.1 Å². The molecule has 0 amide bonds. The molecule has 2 N–H and O–H groups in total. The molecule has 1 saturated heterocycles. The molecule has 2 fully saturated rings. The Kier molecular flexibility index (Phi) is 3.89. The van der Waals surface area contributed by atoms with Crippen LogP contribution in [0.4, 0.5) is 0 Å². The first-order valence-corrected chi connectivity index (χ1v) is 8.73. The van der Waals surface area contributed by atoms with Crippen molar-refractivity contribution < 1.29 is 5.11 Å². The fraction of sp³-hybridized carbons (Fsp3) is 0.611. The number of piperidine rings is 1. The Balaban J connectivity index is 1.78. The number of rotatable bonds is 2. The van der Waals surface area contributed by atoms with Gasteiger partial charge in [-0.2, -0.15) is 0 Å². The van der Waals surface area contributed by atoms with E-state index < -0.39 is 0 Å². The minimum Gasteiger partial charge on any atom is -0.392 e. The van der Waals surface area contributed by atoms with Crippen LogP contribution in [0.2, 0.25) is 0 Å². The van der Waals surface area contributed by atoms with Gasteiger partial charge in [-0.05, 0) is 44.4 Å². The molecule has 0 radical (unpaired) electrons. The number of nitrogens with one attached hydrogen (secondary N) is 1. The Bertz CT molecular complexity index is 645. The monoisotopic (exact) mass is 299 g/mol. The largest absolute Gasteiger partial charge is 0.392 e. The Hall–Kier alpha value is -1.39. The van der Waals surface area contributed by atoms with Crippen molar-refractivity contribution in [2.45, 2.75) is 63.0 Å². The van der Waals surface area contributed by atoms with Gasteiger partial charge in [-0.15, -0.1) is 0 Å². The molecule has 0 spiro atoms. The highest BCUT2D eigenvalue weighted by atomic mass is 16.3. The van der Waals surface area contributed by atoms with Crippen LogP contribution in [-0.4, -0.2) is 27.1 Å². The lowest BCUT2D eigenvalue weighted by Crippen LogP contribution is -2.27. The van der Waals surface area contributed by atoms with Gasteiger partial charge in [0, 0.05) is 12.1 Å². The molecule has 3 atom stereocenters. The first-order valence-electron chi connectivity index (χ1n) is 8.73. The van der Waals surface area contributed by atoms with E-state index in [0.717, 1.165) is 38.1 Å². The van der Waals surface area contributed by atoms with E-state index >= 15 is 0 Å². The summed E-state index contributed by atoms with van der Waals surface area (Å²) in [5.74, 6) is 1.24. The number of aliphatic hydroxyl groups is 1. The molecule has 22 heavy (non-hydrogen) atoms. The van der Waals surface area contributed by atoms with Crippen molar-refractivity contribution in [2.75, 3.05) is 6.54 Å². The number of hydrogen-bond acceptors (Lipinski definition) is 3. The topological polar surface area (TPSA) is 49.6 Å². The highest BCUT2D eigenvalue weighted by Crippen LogP contribution is 2.35. The Morgan fingerprint density at radius 3 is 2.77 bits per heavy atom. The van der Waals surface area contributed by atoms with E-state index in [1.54, 1.807) is 0 Å². The number of nitrogens with zero attached hydrogens (tertiary/aromatic N) is 2. The van der Waals surface area contributed by atoms with Crippen molar-refractivity contribution in [3.63, 3.8) is 0 Å². The average Bonchev–Trinajstić information content (AvgIpc) is 2.96. The predicted octanol–water partition coefficient (Wildman–Crippen LogP) is 3.17. The van der Waals surface area contributed by atoms with Crippen molar-refractivity contribution in [1.82, 2.24) is 14.7 Å². The van der Waals surface area contributed by atoms with Gasteiger partial charge < -0.3 is 14.8 Å². The summed E-state index contributed by atoms with van der Waals surface area (Å²) in [5, 5.41) is 14.0. The summed E-state index contributed by atoms with van der Waals surface area (Å²) >= 11 is 0. The zero-order valence-corrected chi connectivity index (χ0v) is 13.0. The van der Waals surface area contributed by atoms with Crippen LogP contribution in [0.1, 0.15) is 68.4 Å². The van der Waals surface area contributed by atoms with Crippen LogP contribution in [-0.2, 0) is 0 Å². The van der Waals surface area contributed by atoms with Crippen LogP contribution < -0.4 is 5.32 Å². The molecule has 3 unspecified atom stereocenters. The quantitative estimate of drug-likeness (QED) is 0.895. The first-order chi connectivity index (χ1) is 10.8. The number of aromatic nitrogens is 2. The lowest BCUT2D eigenvalue weighted by Gasteiger charge is -2.26. The van der Waals surface area contributed by atoms with E-state index in [4.69, 9.17) is 4.98 Å². The van der Waals surface area contributed by atoms with E-state index in [1.165, 1.54) is 30.5 Å². The maximum absolute atomic E-state index is 10.4. The molecule has 1 aliphatic carbocycles. The van der Waals surface area contributed by atoms with Crippen LogP contribution >= 0.6 is 0 Å². The Labute approximate surface area is 131 Å². The molecule has 1 saturated carbocycles. The third-order valence-corrected chi connectivity index (χ3v) is 5.31. The van der Waals surface area contributed by atoms with E-state index in [1.807, 2.05) is 0 Å². The van der Waals surface area contributed by atoms with Crippen LogP contribution in [0.25, 0.3) is 5.52 Å². The minimum atomic E-state index is -0.244. The molecular formula is C18H25N3O. The average molecular weight is 299 g/mol. The summed E-state index contributed by atoms with van der Waals surface area (Å²) in [4.78, 5) is 5.03. The van der Waals surface area contributed by atoms with E-state index in [9.17, 15) is 5.11 Å². The normalized spacial score (nSPS) is 29.8. The second-order valence-corrected chi connectivity index (χ2v) is 6.77. The van der Waals surface area contributed by atoms with Crippen molar-refractivity contribution in [3.8, 4) is 0 Å². The van der Waals surface area contributed by atoms with Gasteiger partial charge in [-0.25, -0.2) is 4.98 Å². The number of imidazole rings is 1. The molecule has 0 bridgehead atoms. The summed E-state index contributed by atoms with van der Waals surface area (Å²) in [7, 11) is 0. The SMILES string of the molecule is OC1CCCCC1c1nc(C2CCCCN2)c2ccccn12. The third-order valence-electron chi connectivity index (χ3n) is 5.31. The number of pyridine rings is 1. The summed E-state index contributed by atoms with van der Waals surface area (Å²) in [6.45, 7) is 1.08. The highest BCUT2D eigenvalue weighted by Gasteiger charge is 2.30. The van der Waals surface area contributed by atoms with Gasteiger partial charge in [0.25, 0.3) is 0 Å². The number of aliphatic hydroxyl groups excluding tert-OH is 1. The molecule has 4 rings (SSSR count). The second kappa shape index (κ2) is 6.01. The van der Waals surface area contributed by atoms with E-state index in [0.29, 0.717) is 6.04 Å². The van der Waals surface area contributed by atoms with Gasteiger partial charge in [0.15, 0.2) is 0 Å². The highest BCUT2D eigenvalue weighted by molar-refractivity contribution is 5.55. The van der Waals surface area contributed by atoms with Crippen molar-refractivity contribution in [3.05, 3.63) is 35.9 Å². The molecule has 0 aromatic carbocycles. The van der Waals surface area contributed by atoms with Gasteiger partial charge in [0.05, 0.1) is 23.4 Å². The predicted molar refractivity (Wildman–Crippen MR) is 87.0 cm³/mol. The Morgan fingerprint density at radius 2 is 1.95 bits per heavy atom. The summed E-state index contributed by atoms with van der Waals surface area (Å²) in [6.07, 6.45) is 9.84. The molecular weight excluding hydrogens is 274 g/mol. The minimum absolute atomic E-state index is 0.181. The number of fused-ring (bicyclic) bond motifs is 1. The van der Waals surface area contributed by atoms with Crippen molar-refractivity contribution in [2.24, 2.45) is 0 Å². The maximum Gasteiger partial charge on any atom is 0.119 e. The molecule has 2 aliphatic rings. The summed E-state index contributed by atoms with van der Waals surface area (Å²) < 4.78 is 2.21. The van der Waals surface area contributed by atoms with Gasteiger partial charge in [0.2, 0.25) is 0 Å². The smallest absolute Gasteiger partial charge is 0.119 e. The summed E-state index contributed by atoms with van der Waals surface area (Å²) in [6, 6.07) is 6.67. The second-order valence-electron chi connectivity index (χ2n) is 6.77. The van der Waals surface area contributed by atoms with Crippen LogP contribution in [0.15, 0.2) is 24.4 Å². The standard InChI is InChI=1S/C18H25N3O/c22-16-10-2-1-7-13(16)18-20-17(14-8-3-5-11-19-14)15-9-4-6-12-21(15)18/h4,6,9,12-14,16,19,22H,1-3,5,7-8,10-11H2. The molecule has 1 aliphatic heterocycles. The molecule has 2 aromatic heterocycles. The zero-order valence-electron chi connectivity index (χ0n) is 13.0. The zero-order chi connectivity index (χ0) is 14.9. The van der Waals surface area contributed by atoms with Crippen LogP contribution in [0.5, 0.6) is 0 Å². The van der Waals surface area contributed by atoms with Crippen molar-refractivity contribution >= 4 is 5.52 Å². The van der Waals surface area contributed by atoms with E-state index in [-0.39, 0.29) is 12.0 Å². The molecule has 4 heteroatoms. The van der Waals surface area contributed by atoms with Crippen LogP contribution in [0.3, 0.4) is 0 Å². The fourth-order valence-corrected chi connectivity index (χ4v) is 4.10. The van der Waals surface area contributed by atoms with Gasteiger partial charge in [-0.3, -0.25) is 0 Å². The molecule has 2 aromatic rings. The lowest BCUT2D eigenvalue weighted by atomic mass is 9.86. The molecule has 118 valence electrons. The maximum atomic E-state index is 10.4. The molecule has 3 heterocycles. The van der Waals surface area contributed by atoms with Crippen molar-refractivity contribution in [1.29, 1.82) is 0 Å². The van der Waals surface area contributed by atoms with Gasteiger partial charge in [0.1, 0.15) is 5.82 Å². The lowest BCUT2D eigenvalue weighted by molar-refractivity contribution is 0.102. The number of hydrogen-bond donors (Lipinski definition) is 2. The van der Waals surface area contributed by atoms with Gasteiger partial charge in [-0.1, -0.05) is 25.3 Å². The first kappa shape index (κ1) is 14.2. The molecule has 4 nitrogen and oxygen atoms in total.